The van der Waals surface area contributed by atoms with Gasteiger partial charge in [0, 0.05) is 43.1 Å². The first-order chi connectivity index (χ1) is 24.4. The van der Waals surface area contributed by atoms with E-state index in [1.807, 2.05) is 45.0 Å². The summed E-state index contributed by atoms with van der Waals surface area (Å²) in [6, 6.07) is 12.4. The molecule has 3 aliphatic rings. The molecule has 2 fully saturated rings. The van der Waals surface area contributed by atoms with Gasteiger partial charge in [0.05, 0.1) is 31.1 Å². The van der Waals surface area contributed by atoms with Crippen molar-refractivity contribution in [3.63, 3.8) is 0 Å². The molecule has 3 heterocycles. The molecule has 3 aromatic rings. The van der Waals surface area contributed by atoms with Crippen LogP contribution in [0, 0.1) is 16.2 Å². The molecule has 0 spiro atoms. The maximum absolute atomic E-state index is 13.4. The van der Waals surface area contributed by atoms with Gasteiger partial charge in [-0.3, -0.25) is 30.4 Å². The molecular weight excluding hydrogens is 646 g/mol. The van der Waals surface area contributed by atoms with E-state index in [9.17, 15) is 9.59 Å². The van der Waals surface area contributed by atoms with Gasteiger partial charge in [-0.15, -0.1) is 0 Å². The standard InChI is InChI=1S/C38H51N9O4/c1-37(2,3)30-23-32(44-33(43-30)34(48)41-17-18-46-19-21-50-22-20-46)45-36(49)42-28-12-13-29(27-10-6-5-9-26(27)28)51-25-11-14-31(39)47(24-25)35(40)38(4)15-7-8-16-38/h5-6,9-11,14,23-24,28-29,39-40H,7-8,12-13,15-22H2,1-4H3,(H,41,48)(H2,42,43,44,45,49). The quantitative estimate of drug-likeness (QED) is 0.149. The van der Waals surface area contributed by atoms with Crippen LogP contribution in [0.15, 0.2) is 48.7 Å². The number of pyridine rings is 1. The maximum Gasteiger partial charge on any atom is 0.320 e. The number of benzene rings is 1. The highest BCUT2D eigenvalue weighted by Crippen LogP contribution is 2.40. The summed E-state index contributed by atoms with van der Waals surface area (Å²) < 4.78 is 13.6. The Morgan fingerprint density at radius 2 is 1.76 bits per heavy atom. The molecule has 1 aromatic carbocycles. The summed E-state index contributed by atoms with van der Waals surface area (Å²) in [5.41, 5.74) is 2.20. The predicted octanol–water partition coefficient (Wildman–Crippen LogP) is 5.30. The van der Waals surface area contributed by atoms with Crippen molar-refractivity contribution in [3.8, 4) is 5.75 Å². The summed E-state index contributed by atoms with van der Waals surface area (Å²) in [6.07, 6.45) is 6.87. The molecule has 13 nitrogen and oxygen atoms in total. The van der Waals surface area contributed by atoms with Crippen LogP contribution in [0.2, 0.25) is 0 Å². The van der Waals surface area contributed by atoms with E-state index in [2.05, 4.69) is 37.7 Å². The molecule has 2 unspecified atom stereocenters. The monoisotopic (exact) mass is 697 g/mol. The number of anilines is 1. The average Bonchev–Trinajstić information content (AvgIpc) is 3.57. The van der Waals surface area contributed by atoms with E-state index in [1.54, 1.807) is 29.0 Å². The molecule has 13 heteroatoms. The van der Waals surface area contributed by atoms with Gasteiger partial charge in [0.25, 0.3) is 5.91 Å². The molecule has 272 valence electrons. The predicted molar refractivity (Wildman–Crippen MR) is 194 cm³/mol. The summed E-state index contributed by atoms with van der Waals surface area (Å²) in [5, 5.41) is 26.3. The SMILES string of the molecule is CC1(C(=N)n2cc(OC3CCC(NC(=O)Nc4cc(C(C)(C)C)nc(C(=O)NCCN5CCOCC5)n4)c4ccccc43)ccc2=N)CCCC1. The lowest BCUT2D eigenvalue weighted by atomic mass is 9.85. The fraction of sp³-hybridized carbons (Fsp3) is 0.526. The van der Waals surface area contributed by atoms with Gasteiger partial charge in [-0.05, 0) is 48.9 Å². The largest absolute Gasteiger partial charge is 0.484 e. The number of hydrogen-bond donors (Lipinski definition) is 5. The Bertz CT molecular complexity index is 1810. The minimum Gasteiger partial charge on any atom is -0.484 e. The van der Waals surface area contributed by atoms with Gasteiger partial charge in [0.15, 0.2) is 0 Å². The minimum absolute atomic E-state index is 0.00922. The number of rotatable bonds is 9. The van der Waals surface area contributed by atoms with Gasteiger partial charge in [-0.2, -0.15) is 0 Å². The van der Waals surface area contributed by atoms with Crippen LogP contribution in [0.3, 0.4) is 0 Å². The number of ether oxygens (including phenoxy) is 2. The second kappa shape index (κ2) is 15.3. The smallest absolute Gasteiger partial charge is 0.320 e. The number of amides is 3. The van der Waals surface area contributed by atoms with Crippen LogP contribution in [0.4, 0.5) is 10.6 Å². The number of urea groups is 1. The molecule has 51 heavy (non-hydrogen) atoms. The van der Waals surface area contributed by atoms with Crippen LogP contribution in [-0.2, 0) is 10.2 Å². The first-order valence-corrected chi connectivity index (χ1v) is 18.1. The first kappa shape index (κ1) is 36.2. The van der Waals surface area contributed by atoms with E-state index in [1.165, 1.54) is 0 Å². The molecule has 1 saturated carbocycles. The van der Waals surface area contributed by atoms with Crippen molar-refractivity contribution in [1.29, 1.82) is 10.8 Å². The lowest BCUT2D eigenvalue weighted by Gasteiger charge is -2.32. The zero-order valence-corrected chi connectivity index (χ0v) is 30.2. The van der Waals surface area contributed by atoms with Crippen LogP contribution in [0.25, 0.3) is 0 Å². The van der Waals surface area contributed by atoms with Crippen molar-refractivity contribution in [2.24, 2.45) is 5.41 Å². The van der Waals surface area contributed by atoms with Crippen molar-refractivity contribution in [1.82, 2.24) is 30.1 Å². The normalized spacial score (nSPS) is 20.2. The molecule has 1 saturated heterocycles. The van der Waals surface area contributed by atoms with Gasteiger partial charge in [0.1, 0.15) is 29.0 Å². The number of nitrogens with one attached hydrogen (secondary N) is 5. The number of morpholine rings is 1. The van der Waals surface area contributed by atoms with E-state index in [4.69, 9.17) is 20.3 Å². The van der Waals surface area contributed by atoms with Gasteiger partial charge < -0.3 is 20.1 Å². The van der Waals surface area contributed by atoms with Crippen LogP contribution in [0.1, 0.15) is 106 Å². The van der Waals surface area contributed by atoms with Crippen molar-refractivity contribution in [2.75, 3.05) is 44.7 Å². The Morgan fingerprint density at radius 1 is 1.04 bits per heavy atom. The van der Waals surface area contributed by atoms with Crippen molar-refractivity contribution < 1.29 is 19.1 Å². The maximum atomic E-state index is 13.4. The topological polar surface area (TPSA) is 170 Å². The molecule has 0 radical (unpaired) electrons. The highest BCUT2D eigenvalue weighted by atomic mass is 16.5. The molecule has 1 aliphatic heterocycles. The van der Waals surface area contributed by atoms with Gasteiger partial charge in [0.2, 0.25) is 5.82 Å². The Kier molecular flexibility index (Phi) is 10.9. The van der Waals surface area contributed by atoms with Crippen LogP contribution >= 0.6 is 0 Å². The number of carbonyl (C=O) groups is 2. The zero-order valence-electron chi connectivity index (χ0n) is 30.2. The molecule has 2 atom stereocenters. The summed E-state index contributed by atoms with van der Waals surface area (Å²) in [5.74, 6) is 0.900. The van der Waals surface area contributed by atoms with Crippen LogP contribution in [-0.4, -0.2) is 76.6 Å². The van der Waals surface area contributed by atoms with Crippen molar-refractivity contribution >= 4 is 23.6 Å². The molecule has 3 amide bonds. The highest BCUT2D eigenvalue weighted by molar-refractivity contribution is 5.92. The molecule has 2 aromatic heterocycles. The first-order valence-electron chi connectivity index (χ1n) is 18.1. The lowest BCUT2D eigenvalue weighted by molar-refractivity contribution is 0.0383. The number of aromatic nitrogens is 3. The average molecular weight is 698 g/mol. The number of nitrogens with zero attached hydrogens (tertiary/aromatic N) is 4. The van der Waals surface area contributed by atoms with E-state index in [0.29, 0.717) is 56.4 Å². The highest BCUT2D eigenvalue weighted by Gasteiger charge is 2.35. The number of hydrogen-bond acceptors (Lipinski definition) is 9. The fourth-order valence-electron chi connectivity index (χ4n) is 7.14. The molecular formula is C38H51N9O4. The Morgan fingerprint density at radius 3 is 2.49 bits per heavy atom. The Hall–Kier alpha value is -4.62. The fourth-order valence-corrected chi connectivity index (χ4v) is 7.14. The van der Waals surface area contributed by atoms with Gasteiger partial charge >= 0.3 is 6.03 Å². The summed E-state index contributed by atoms with van der Waals surface area (Å²) in [7, 11) is 0. The van der Waals surface area contributed by atoms with Crippen LogP contribution in [0.5, 0.6) is 5.75 Å². The molecule has 6 rings (SSSR count). The molecule has 2 aliphatic carbocycles. The van der Waals surface area contributed by atoms with E-state index in [-0.39, 0.29) is 40.1 Å². The van der Waals surface area contributed by atoms with Crippen LogP contribution < -0.4 is 26.2 Å². The number of carbonyl (C=O) groups excluding carboxylic acids is 2. The van der Waals surface area contributed by atoms with Gasteiger partial charge in [-0.25, -0.2) is 14.8 Å². The second-order valence-corrected chi connectivity index (χ2v) is 15.1. The minimum atomic E-state index is -0.433. The lowest BCUT2D eigenvalue weighted by Crippen LogP contribution is -2.41. The summed E-state index contributed by atoms with van der Waals surface area (Å²) in [4.78, 5) is 37.8. The van der Waals surface area contributed by atoms with Crippen molar-refractivity contribution in [3.05, 3.63) is 76.8 Å². The third kappa shape index (κ3) is 8.65. The molecule has 5 N–H and O–H groups in total. The van der Waals surface area contributed by atoms with E-state index in [0.717, 1.165) is 49.9 Å². The molecule has 0 bridgehead atoms. The second-order valence-electron chi connectivity index (χ2n) is 15.1. The van der Waals surface area contributed by atoms with E-state index < -0.39 is 11.9 Å². The third-order valence-corrected chi connectivity index (χ3v) is 10.2. The Labute approximate surface area is 299 Å². The van der Waals surface area contributed by atoms with Gasteiger partial charge in [-0.1, -0.05) is 64.8 Å². The van der Waals surface area contributed by atoms with Crippen molar-refractivity contribution in [2.45, 2.75) is 83.8 Å². The summed E-state index contributed by atoms with van der Waals surface area (Å²) >= 11 is 0. The zero-order chi connectivity index (χ0) is 36.2. The Balaban J connectivity index is 1.12. The van der Waals surface area contributed by atoms with E-state index >= 15 is 0 Å². The third-order valence-electron chi connectivity index (χ3n) is 10.2. The number of fused-ring (bicyclic) bond motifs is 1. The summed E-state index contributed by atoms with van der Waals surface area (Å²) in [6.45, 7) is 12.3.